The molecule has 124 valence electrons. The van der Waals surface area contributed by atoms with E-state index in [-0.39, 0.29) is 11.3 Å². The minimum absolute atomic E-state index is 0.0419. The Hall–Kier alpha value is -2.02. The first-order valence-corrected chi connectivity index (χ1v) is 8.13. The van der Waals surface area contributed by atoms with Gasteiger partial charge in [-0.15, -0.1) is 0 Å². The molecule has 0 unspecified atom stereocenters. The van der Waals surface area contributed by atoms with Crippen molar-refractivity contribution in [3.8, 4) is 0 Å². The first kappa shape index (κ1) is 15.9. The Morgan fingerprint density at radius 1 is 1.39 bits per heavy atom. The van der Waals surface area contributed by atoms with Gasteiger partial charge < -0.3 is 10.6 Å². The zero-order valence-corrected chi connectivity index (χ0v) is 14.0. The van der Waals surface area contributed by atoms with Crippen LogP contribution in [0.2, 0.25) is 0 Å². The largest absolute Gasteiger partial charge is 0.354 e. The van der Waals surface area contributed by atoms with Crippen LogP contribution in [-0.4, -0.2) is 45.3 Å². The van der Waals surface area contributed by atoms with Crippen molar-refractivity contribution in [1.29, 1.82) is 0 Å². The van der Waals surface area contributed by atoms with Crippen molar-refractivity contribution in [3.05, 3.63) is 18.1 Å². The molecule has 1 atom stereocenters. The Labute approximate surface area is 135 Å². The average Bonchev–Trinajstić information content (AvgIpc) is 3.14. The molecule has 7 heteroatoms. The molecular formula is C16H24N6O. The summed E-state index contributed by atoms with van der Waals surface area (Å²) < 4.78 is 1.86. The normalized spacial score (nSPS) is 18.5. The third-order valence-electron chi connectivity index (χ3n) is 4.13. The lowest BCUT2D eigenvalue weighted by molar-refractivity contribution is -0.128. The number of rotatable bonds is 4. The van der Waals surface area contributed by atoms with Gasteiger partial charge in [0.1, 0.15) is 5.52 Å². The molecule has 23 heavy (non-hydrogen) atoms. The maximum Gasteiger partial charge on any atom is 0.225 e. The molecule has 1 saturated heterocycles. The fraction of sp³-hybridized carbons (Fsp3) is 0.625. The van der Waals surface area contributed by atoms with E-state index in [1.807, 2.05) is 25.5 Å². The van der Waals surface area contributed by atoms with Gasteiger partial charge >= 0.3 is 0 Å². The van der Waals surface area contributed by atoms with Gasteiger partial charge in [0, 0.05) is 36.8 Å². The van der Waals surface area contributed by atoms with Crippen LogP contribution in [0.5, 0.6) is 0 Å². The fourth-order valence-electron chi connectivity index (χ4n) is 2.78. The molecule has 0 aliphatic carbocycles. The Morgan fingerprint density at radius 2 is 2.17 bits per heavy atom. The van der Waals surface area contributed by atoms with Crippen molar-refractivity contribution in [2.75, 3.05) is 19.6 Å². The number of fused-ring (bicyclic) bond motifs is 1. The number of amides is 1. The van der Waals surface area contributed by atoms with Crippen LogP contribution in [0.4, 0.5) is 0 Å². The summed E-state index contributed by atoms with van der Waals surface area (Å²) in [5.41, 5.74) is 2.30. The first-order valence-electron chi connectivity index (χ1n) is 8.13. The lowest BCUT2D eigenvalue weighted by atomic mass is 9.96. The Bertz CT molecular complexity index is 696. The van der Waals surface area contributed by atoms with Crippen molar-refractivity contribution < 1.29 is 4.79 Å². The van der Waals surface area contributed by atoms with E-state index in [2.05, 4.69) is 20.6 Å². The van der Waals surface area contributed by atoms with Crippen LogP contribution in [-0.2, 0) is 11.3 Å². The number of carbonyl (C=O) groups is 1. The van der Waals surface area contributed by atoms with Gasteiger partial charge in [-0.25, -0.2) is 14.6 Å². The highest BCUT2D eigenvalue weighted by Crippen LogP contribution is 2.26. The Morgan fingerprint density at radius 3 is 2.87 bits per heavy atom. The first-order chi connectivity index (χ1) is 11.0. The van der Waals surface area contributed by atoms with Gasteiger partial charge in [-0.05, 0) is 13.0 Å². The number of hydrogen-bond donors (Lipinski definition) is 2. The highest BCUT2D eigenvalue weighted by atomic mass is 16.2. The molecule has 1 fully saturated rings. The van der Waals surface area contributed by atoms with Crippen molar-refractivity contribution in [1.82, 2.24) is 30.4 Å². The van der Waals surface area contributed by atoms with Gasteiger partial charge in [0.15, 0.2) is 5.65 Å². The van der Waals surface area contributed by atoms with Gasteiger partial charge in [-0.1, -0.05) is 20.8 Å². The maximum absolute atomic E-state index is 12.0. The minimum Gasteiger partial charge on any atom is -0.354 e. The van der Waals surface area contributed by atoms with Crippen molar-refractivity contribution >= 4 is 17.1 Å². The van der Waals surface area contributed by atoms with Crippen LogP contribution < -0.4 is 10.6 Å². The summed E-state index contributed by atoms with van der Waals surface area (Å²) in [6.07, 6.45) is 4.47. The summed E-state index contributed by atoms with van der Waals surface area (Å²) in [4.78, 5) is 20.8. The van der Waals surface area contributed by atoms with Gasteiger partial charge in [0.25, 0.3) is 0 Å². The monoisotopic (exact) mass is 316 g/mol. The third-order valence-corrected chi connectivity index (χ3v) is 4.13. The molecule has 1 amide bonds. The molecule has 0 spiro atoms. The zero-order valence-electron chi connectivity index (χ0n) is 14.0. The second-order valence-corrected chi connectivity index (χ2v) is 7.03. The molecule has 0 bridgehead atoms. The molecule has 1 aliphatic rings. The summed E-state index contributed by atoms with van der Waals surface area (Å²) in [7, 11) is 0. The van der Waals surface area contributed by atoms with Gasteiger partial charge in [0.05, 0.1) is 12.2 Å². The Balaban J connectivity index is 1.77. The highest BCUT2D eigenvalue weighted by Gasteiger charge is 2.25. The smallest absolute Gasteiger partial charge is 0.225 e. The molecule has 2 aromatic heterocycles. The fourth-order valence-corrected chi connectivity index (χ4v) is 2.78. The summed E-state index contributed by atoms with van der Waals surface area (Å²) in [6.45, 7) is 8.79. The van der Waals surface area contributed by atoms with Gasteiger partial charge in [-0.2, -0.15) is 5.10 Å². The molecule has 7 nitrogen and oxygen atoms in total. The van der Waals surface area contributed by atoms with Gasteiger partial charge in [0.2, 0.25) is 5.91 Å². The van der Waals surface area contributed by atoms with Crippen molar-refractivity contribution in [2.45, 2.75) is 39.7 Å². The lowest BCUT2D eigenvalue weighted by Gasteiger charge is -2.17. The molecular weight excluding hydrogens is 292 g/mol. The van der Waals surface area contributed by atoms with Crippen LogP contribution in [0.25, 0.3) is 11.2 Å². The van der Waals surface area contributed by atoms with E-state index < -0.39 is 0 Å². The molecule has 3 rings (SSSR count). The number of nitrogens with zero attached hydrogens (tertiary/aromatic N) is 4. The number of nitrogens with one attached hydrogen (secondary N) is 2. The maximum atomic E-state index is 12.0. The highest BCUT2D eigenvalue weighted by molar-refractivity contribution is 5.81. The minimum atomic E-state index is -0.382. The van der Waals surface area contributed by atoms with Crippen molar-refractivity contribution in [2.24, 2.45) is 5.41 Å². The van der Waals surface area contributed by atoms with E-state index in [4.69, 9.17) is 5.10 Å². The van der Waals surface area contributed by atoms with Crippen molar-refractivity contribution in [3.63, 3.8) is 0 Å². The van der Waals surface area contributed by atoms with E-state index in [0.29, 0.717) is 19.0 Å². The van der Waals surface area contributed by atoms with Crippen LogP contribution in [0.3, 0.4) is 0 Å². The number of aromatic nitrogens is 4. The second-order valence-electron chi connectivity index (χ2n) is 7.03. The predicted molar refractivity (Wildman–Crippen MR) is 88.0 cm³/mol. The molecule has 0 saturated carbocycles. The lowest BCUT2D eigenvalue weighted by Crippen LogP contribution is -2.36. The van der Waals surface area contributed by atoms with Crippen LogP contribution in [0.15, 0.2) is 12.4 Å². The van der Waals surface area contributed by atoms with E-state index in [9.17, 15) is 4.79 Å². The van der Waals surface area contributed by atoms with Crippen LogP contribution in [0, 0.1) is 5.41 Å². The molecule has 2 aromatic rings. The van der Waals surface area contributed by atoms with E-state index >= 15 is 0 Å². The summed E-state index contributed by atoms with van der Waals surface area (Å²) in [6, 6.07) is 0. The summed E-state index contributed by atoms with van der Waals surface area (Å²) >= 11 is 0. The molecule has 3 heterocycles. The standard InChI is InChI=1S/C16H24N6O/c1-16(2,3)15(23)20-8-9-22-14-13(18-6-7-19-14)12(21-22)11-4-5-17-10-11/h6-7,11,17H,4-5,8-10H2,1-3H3,(H,20,23)/t11-/m0/s1. The van der Waals surface area contributed by atoms with E-state index in [0.717, 1.165) is 36.4 Å². The average molecular weight is 316 g/mol. The van der Waals surface area contributed by atoms with E-state index in [1.54, 1.807) is 12.4 Å². The Kier molecular flexibility index (Phi) is 4.30. The molecule has 0 aromatic carbocycles. The van der Waals surface area contributed by atoms with Crippen LogP contribution in [0.1, 0.15) is 38.8 Å². The van der Waals surface area contributed by atoms with E-state index in [1.165, 1.54) is 0 Å². The number of carbonyl (C=O) groups excluding carboxylic acids is 1. The SMILES string of the molecule is CC(C)(C)C(=O)NCCn1nc([C@H]2CCNC2)c2nccnc21. The molecule has 0 radical (unpaired) electrons. The third kappa shape index (κ3) is 3.34. The molecule has 2 N–H and O–H groups in total. The quantitative estimate of drug-likeness (QED) is 0.881. The summed E-state index contributed by atoms with van der Waals surface area (Å²) in [5.74, 6) is 0.430. The topological polar surface area (TPSA) is 84.7 Å². The summed E-state index contributed by atoms with van der Waals surface area (Å²) in [5, 5.41) is 11.1. The number of hydrogen-bond acceptors (Lipinski definition) is 5. The predicted octanol–water partition coefficient (Wildman–Crippen LogP) is 1.07. The zero-order chi connectivity index (χ0) is 16.4. The van der Waals surface area contributed by atoms with Gasteiger partial charge in [-0.3, -0.25) is 4.79 Å². The second kappa shape index (κ2) is 6.23. The van der Waals surface area contributed by atoms with Crippen LogP contribution >= 0.6 is 0 Å². The molecule has 1 aliphatic heterocycles.